The average molecular weight is 451 g/mol. The van der Waals surface area contributed by atoms with Crippen LogP contribution in [-0.2, 0) is 31.6 Å². The summed E-state index contributed by atoms with van der Waals surface area (Å²) in [4.78, 5) is 25.2. The van der Waals surface area contributed by atoms with Crippen molar-refractivity contribution in [1.82, 2.24) is 4.90 Å². The molecular formula is C23H34N2O5S. The van der Waals surface area contributed by atoms with Gasteiger partial charge in [-0.3, -0.25) is 9.59 Å². The number of carbonyl (C=O) groups excluding carboxylic acids is 1. The number of aliphatic carboxylic acids is 1. The Labute approximate surface area is 184 Å². The van der Waals surface area contributed by atoms with E-state index in [-0.39, 0.29) is 35.7 Å². The molecule has 3 N–H and O–H groups in total. The van der Waals surface area contributed by atoms with Crippen LogP contribution in [0.4, 0.5) is 0 Å². The summed E-state index contributed by atoms with van der Waals surface area (Å²) in [6.07, 6.45) is 6.33. The van der Waals surface area contributed by atoms with Crippen molar-refractivity contribution in [1.29, 1.82) is 0 Å². The van der Waals surface area contributed by atoms with Gasteiger partial charge in [0.1, 0.15) is 0 Å². The number of hydrogen-bond acceptors (Lipinski definition) is 5. The summed E-state index contributed by atoms with van der Waals surface area (Å²) >= 11 is 0. The van der Waals surface area contributed by atoms with E-state index in [9.17, 15) is 18.0 Å². The molecule has 0 saturated heterocycles. The molecule has 172 valence electrons. The minimum Gasteiger partial charge on any atom is -0.481 e. The molecule has 2 aliphatic carbocycles. The third kappa shape index (κ3) is 6.53. The summed E-state index contributed by atoms with van der Waals surface area (Å²) in [5.74, 6) is -0.569. The molecule has 0 unspecified atom stereocenters. The number of nitrogens with zero attached hydrogens (tertiary/aromatic N) is 1. The Balaban J connectivity index is 1.47. The van der Waals surface area contributed by atoms with Crippen molar-refractivity contribution in [2.75, 3.05) is 12.8 Å². The molecule has 8 heteroatoms. The number of rotatable bonds is 9. The largest absolute Gasteiger partial charge is 0.481 e. The van der Waals surface area contributed by atoms with Gasteiger partial charge in [0, 0.05) is 13.1 Å². The Morgan fingerprint density at radius 3 is 2.16 bits per heavy atom. The predicted molar refractivity (Wildman–Crippen MR) is 119 cm³/mol. The molecule has 2 fully saturated rings. The second-order valence-electron chi connectivity index (χ2n) is 9.28. The number of benzene rings is 1. The lowest BCUT2D eigenvalue weighted by molar-refractivity contribution is -0.137. The fourth-order valence-corrected chi connectivity index (χ4v) is 6.57. The maximum Gasteiger partial charge on any atom is 0.307 e. The first-order chi connectivity index (χ1) is 14.6. The third-order valence-corrected chi connectivity index (χ3v) is 8.66. The van der Waals surface area contributed by atoms with Crippen molar-refractivity contribution in [2.45, 2.75) is 69.2 Å². The molecule has 2 aliphatic rings. The molecule has 2 saturated carbocycles. The van der Waals surface area contributed by atoms with Crippen LogP contribution < -0.4 is 5.73 Å². The number of hydrogen-bond donors (Lipinski definition) is 2. The van der Waals surface area contributed by atoms with Gasteiger partial charge in [-0.2, -0.15) is 0 Å². The number of carboxylic acids is 1. The van der Waals surface area contributed by atoms with Crippen LogP contribution >= 0.6 is 0 Å². The van der Waals surface area contributed by atoms with Crippen LogP contribution in [0.15, 0.2) is 24.3 Å². The van der Waals surface area contributed by atoms with E-state index in [0.29, 0.717) is 17.2 Å². The molecule has 1 amide bonds. The van der Waals surface area contributed by atoms with E-state index in [0.717, 1.165) is 38.5 Å². The first-order valence-corrected chi connectivity index (χ1v) is 13.0. The minimum atomic E-state index is -3.27. The maximum atomic E-state index is 12.7. The number of nitrogens with two attached hydrogens (primary N) is 1. The first kappa shape index (κ1) is 23.7. The highest BCUT2D eigenvalue weighted by Crippen LogP contribution is 2.33. The van der Waals surface area contributed by atoms with Gasteiger partial charge in [-0.05, 0) is 67.9 Å². The Morgan fingerprint density at radius 2 is 1.65 bits per heavy atom. The number of sulfone groups is 1. The molecule has 1 aromatic carbocycles. The Hall–Kier alpha value is -1.93. The lowest BCUT2D eigenvalue weighted by Crippen LogP contribution is -2.52. The SMILES string of the molecule is CN(C(=O)[C@@H](N)C1CCC(CS(=O)(=O)Cc2ccc(CC(=O)O)cc2)CC1)C1CCC1. The monoisotopic (exact) mass is 450 g/mol. The molecule has 31 heavy (non-hydrogen) atoms. The molecule has 7 nitrogen and oxygen atoms in total. The van der Waals surface area contributed by atoms with Crippen LogP contribution in [0.2, 0.25) is 0 Å². The second kappa shape index (κ2) is 10.1. The maximum absolute atomic E-state index is 12.7. The Kier molecular flexibility index (Phi) is 7.75. The van der Waals surface area contributed by atoms with Gasteiger partial charge in [-0.1, -0.05) is 24.3 Å². The van der Waals surface area contributed by atoms with E-state index in [2.05, 4.69) is 0 Å². The molecule has 0 heterocycles. The summed E-state index contributed by atoms with van der Waals surface area (Å²) in [5, 5.41) is 8.83. The van der Waals surface area contributed by atoms with E-state index >= 15 is 0 Å². The standard InChI is InChI=1S/C23H34N2O5S/c1-25(20-3-2-4-20)23(28)22(24)19-11-9-18(10-12-19)15-31(29,30)14-17-7-5-16(6-8-17)13-21(26)27/h5-8,18-20,22H,2-4,9-15,24H2,1H3,(H,26,27)/t18?,19?,22-/m0/s1. The smallest absolute Gasteiger partial charge is 0.307 e. The summed E-state index contributed by atoms with van der Waals surface area (Å²) < 4.78 is 25.4. The van der Waals surface area contributed by atoms with E-state index in [1.807, 2.05) is 11.9 Å². The topological polar surface area (TPSA) is 118 Å². The van der Waals surface area contributed by atoms with E-state index in [4.69, 9.17) is 10.8 Å². The number of carboxylic acid groups (broad SMARTS) is 1. The van der Waals surface area contributed by atoms with E-state index in [1.165, 1.54) is 6.42 Å². The van der Waals surface area contributed by atoms with Crippen molar-refractivity contribution in [3.63, 3.8) is 0 Å². The van der Waals surface area contributed by atoms with E-state index in [1.54, 1.807) is 24.3 Å². The fraction of sp³-hybridized carbons (Fsp3) is 0.652. The van der Waals surface area contributed by atoms with Gasteiger partial charge in [0.15, 0.2) is 9.84 Å². The quantitative estimate of drug-likeness (QED) is 0.596. The van der Waals surface area contributed by atoms with Crippen LogP contribution in [0.1, 0.15) is 56.1 Å². The van der Waals surface area contributed by atoms with Crippen molar-refractivity contribution < 1.29 is 23.1 Å². The third-order valence-electron chi connectivity index (χ3n) is 6.91. The van der Waals surface area contributed by atoms with E-state index < -0.39 is 21.8 Å². The van der Waals surface area contributed by atoms with Crippen LogP contribution in [-0.4, -0.2) is 55.2 Å². The Morgan fingerprint density at radius 1 is 1.06 bits per heavy atom. The normalized spacial score (nSPS) is 23.0. The number of carbonyl (C=O) groups is 2. The molecule has 0 aromatic heterocycles. The zero-order valence-corrected chi connectivity index (χ0v) is 19.0. The van der Waals surface area contributed by atoms with Crippen LogP contribution in [0, 0.1) is 11.8 Å². The molecule has 1 atom stereocenters. The van der Waals surface area contributed by atoms with Gasteiger partial charge >= 0.3 is 5.97 Å². The van der Waals surface area contributed by atoms with Crippen molar-refractivity contribution in [3.8, 4) is 0 Å². The summed E-state index contributed by atoms with van der Waals surface area (Å²) in [6, 6.07) is 6.56. The van der Waals surface area contributed by atoms with Crippen LogP contribution in [0.25, 0.3) is 0 Å². The Bertz CT molecular complexity index is 872. The van der Waals surface area contributed by atoms with Gasteiger partial charge in [0.25, 0.3) is 0 Å². The number of amides is 1. The second-order valence-corrected chi connectivity index (χ2v) is 11.4. The highest BCUT2D eigenvalue weighted by molar-refractivity contribution is 7.90. The minimum absolute atomic E-state index is 0.0205. The van der Waals surface area contributed by atoms with Gasteiger partial charge < -0.3 is 15.7 Å². The molecule has 0 radical (unpaired) electrons. The lowest BCUT2D eigenvalue weighted by atomic mass is 9.78. The summed E-state index contributed by atoms with van der Waals surface area (Å²) in [5.41, 5.74) is 7.61. The molecule has 0 spiro atoms. The van der Waals surface area contributed by atoms with Crippen molar-refractivity contribution in [2.24, 2.45) is 17.6 Å². The lowest BCUT2D eigenvalue weighted by Gasteiger charge is -2.38. The summed E-state index contributed by atoms with van der Waals surface area (Å²) in [6.45, 7) is 0. The predicted octanol–water partition coefficient (Wildman–Crippen LogP) is 2.37. The molecule has 3 rings (SSSR count). The van der Waals surface area contributed by atoms with Gasteiger partial charge in [0.2, 0.25) is 5.91 Å². The van der Waals surface area contributed by atoms with Crippen molar-refractivity contribution >= 4 is 21.7 Å². The number of likely N-dealkylation sites (N-methyl/N-ethyl adjacent to an activating group) is 1. The first-order valence-electron chi connectivity index (χ1n) is 11.2. The van der Waals surface area contributed by atoms with Crippen LogP contribution in [0.5, 0.6) is 0 Å². The highest BCUT2D eigenvalue weighted by atomic mass is 32.2. The van der Waals surface area contributed by atoms with Gasteiger partial charge in [-0.25, -0.2) is 8.42 Å². The zero-order valence-electron chi connectivity index (χ0n) is 18.2. The molecule has 0 aliphatic heterocycles. The zero-order chi connectivity index (χ0) is 22.6. The fourth-order valence-electron chi connectivity index (χ4n) is 4.70. The van der Waals surface area contributed by atoms with Gasteiger partial charge in [-0.15, -0.1) is 0 Å². The average Bonchev–Trinajstić information content (AvgIpc) is 2.66. The van der Waals surface area contributed by atoms with Crippen molar-refractivity contribution in [3.05, 3.63) is 35.4 Å². The van der Waals surface area contributed by atoms with Gasteiger partial charge in [0.05, 0.1) is 24.0 Å². The van der Waals surface area contributed by atoms with Crippen LogP contribution in [0.3, 0.4) is 0 Å². The molecule has 0 bridgehead atoms. The summed E-state index contributed by atoms with van der Waals surface area (Å²) in [7, 11) is -1.42. The highest BCUT2D eigenvalue weighted by Gasteiger charge is 2.35. The molecule has 1 aromatic rings. The molecular weight excluding hydrogens is 416 g/mol.